The Morgan fingerprint density at radius 2 is 1.77 bits per heavy atom. The quantitative estimate of drug-likeness (QED) is 0.639. The molecule has 0 aromatic heterocycles. The average Bonchev–Trinajstić information content (AvgIpc) is 2.63. The maximum Gasteiger partial charge on any atom is 0.279 e. The molecule has 1 atom stereocenters. The number of carbonyl (C=O) groups is 2. The van der Waals surface area contributed by atoms with Gasteiger partial charge in [-0.05, 0) is 61.7 Å². The molecule has 2 aromatic rings. The van der Waals surface area contributed by atoms with Crippen molar-refractivity contribution in [3.8, 4) is 5.75 Å². The van der Waals surface area contributed by atoms with Crippen LogP contribution in [-0.4, -0.2) is 17.9 Å². The molecular weight excluding hydrogens is 335 g/mol. The molecule has 2 aromatic carbocycles. The average molecular weight is 356 g/mol. The van der Waals surface area contributed by atoms with Crippen LogP contribution >= 0.6 is 0 Å². The highest BCUT2D eigenvalue weighted by Gasteiger charge is 2.16. The summed E-state index contributed by atoms with van der Waals surface area (Å²) in [5.74, 6) is -0.720. The molecule has 0 radical (unpaired) electrons. The van der Waals surface area contributed by atoms with E-state index in [-0.39, 0.29) is 5.82 Å². The molecule has 26 heavy (non-hydrogen) atoms. The lowest BCUT2D eigenvalue weighted by atomic mass is 10.1. The van der Waals surface area contributed by atoms with Gasteiger partial charge in [-0.3, -0.25) is 20.4 Å². The molecule has 0 aliphatic heterocycles. The monoisotopic (exact) mass is 356 g/mol. The standard InChI is InChI=1S/C20H21FN2O3/c1-13-5-4-6-18(14(13)2)26-15(3)20(25)23-22-19(24)12-9-16-7-10-17(21)11-8-16/h4-12,15H,1-3H3,(H,22,24)(H,23,25)/b12-9-/t15-/m1/s1. The van der Waals surface area contributed by atoms with Crippen LogP contribution in [0.2, 0.25) is 0 Å². The van der Waals surface area contributed by atoms with E-state index in [9.17, 15) is 14.0 Å². The van der Waals surface area contributed by atoms with Crippen molar-refractivity contribution in [2.24, 2.45) is 0 Å². The van der Waals surface area contributed by atoms with Gasteiger partial charge in [-0.25, -0.2) is 4.39 Å². The van der Waals surface area contributed by atoms with Gasteiger partial charge in [0.2, 0.25) is 0 Å². The van der Waals surface area contributed by atoms with Crippen molar-refractivity contribution in [3.05, 3.63) is 71.0 Å². The molecule has 0 bridgehead atoms. The van der Waals surface area contributed by atoms with Crippen LogP contribution in [0.4, 0.5) is 4.39 Å². The first-order chi connectivity index (χ1) is 12.4. The van der Waals surface area contributed by atoms with Crippen LogP contribution in [0, 0.1) is 19.7 Å². The number of rotatable bonds is 5. The van der Waals surface area contributed by atoms with Crippen molar-refractivity contribution < 1.29 is 18.7 Å². The molecule has 0 aliphatic rings. The van der Waals surface area contributed by atoms with E-state index in [0.29, 0.717) is 11.3 Å². The molecule has 0 aliphatic carbocycles. The maximum absolute atomic E-state index is 12.8. The Morgan fingerprint density at radius 1 is 1.08 bits per heavy atom. The molecule has 0 fully saturated rings. The summed E-state index contributed by atoms with van der Waals surface area (Å²) in [5, 5.41) is 0. The molecular formula is C20H21FN2O3. The lowest BCUT2D eigenvalue weighted by molar-refractivity contribution is -0.131. The molecule has 0 saturated heterocycles. The SMILES string of the molecule is Cc1cccc(O[C@H](C)C(=O)NNC(=O)/C=C\c2ccc(F)cc2)c1C. The van der Waals surface area contributed by atoms with Gasteiger partial charge in [0.15, 0.2) is 6.10 Å². The van der Waals surface area contributed by atoms with Crippen molar-refractivity contribution >= 4 is 17.9 Å². The minimum atomic E-state index is -0.781. The van der Waals surface area contributed by atoms with Gasteiger partial charge in [-0.15, -0.1) is 0 Å². The number of amides is 2. The summed E-state index contributed by atoms with van der Waals surface area (Å²) in [5.41, 5.74) is 7.27. The molecule has 2 rings (SSSR count). The minimum Gasteiger partial charge on any atom is -0.481 e. The van der Waals surface area contributed by atoms with Crippen LogP contribution in [0.5, 0.6) is 5.75 Å². The fourth-order valence-electron chi connectivity index (χ4n) is 2.11. The Hall–Kier alpha value is -3.15. The van der Waals surface area contributed by atoms with Gasteiger partial charge >= 0.3 is 0 Å². The van der Waals surface area contributed by atoms with Crippen molar-refractivity contribution in [1.29, 1.82) is 0 Å². The second-order valence-corrected chi connectivity index (χ2v) is 5.82. The molecule has 0 heterocycles. The van der Waals surface area contributed by atoms with Crippen LogP contribution in [0.15, 0.2) is 48.5 Å². The topological polar surface area (TPSA) is 67.4 Å². The van der Waals surface area contributed by atoms with E-state index < -0.39 is 17.9 Å². The molecule has 0 saturated carbocycles. The third-order valence-corrected chi connectivity index (χ3v) is 3.83. The number of hydrogen-bond acceptors (Lipinski definition) is 3. The zero-order valence-corrected chi connectivity index (χ0v) is 14.9. The van der Waals surface area contributed by atoms with Crippen molar-refractivity contribution in [2.45, 2.75) is 26.9 Å². The largest absolute Gasteiger partial charge is 0.481 e. The summed E-state index contributed by atoms with van der Waals surface area (Å²) in [7, 11) is 0. The first-order valence-electron chi connectivity index (χ1n) is 8.13. The van der Waals surface area contributed by atoms with Gasteiger partial charge in [0.1, 0.15) is 11.6 Å². The summed E-state index contributed by atoms with van der Waals surface area (Å²) < 4.78 is 18.5. The van der Waals surface area contributed by atoms with E-state index in [0.717, 1.165) is 11.1 Å². The van der Waals surface area contributed by atoms with Gasteiger partial charge in [-0.2, -0.15) is 0 Å². The Bertz CT molecular complexity index is 816. The summed E-state index contributed by atoms with van der Waals surface area (Å²) >= 11 is 0. The summed E-state index contributed by atoms with van der Waals surface area (Å²) in [6, 6.07) is 11.3. The van der Waals surface area contributed by atoms with Gasteiger partial charge in [-0.1, -0.05) is 24.3 Å². The number of halogens is 1. The lowest BCUT2D eigenvalue weighted by Crippen LogP contribution is -2.46. The number of aryl methyl sites for hydroxylation is 1. The van der Waals surface area contributed by atoms with Crippen molar-refractivity contribution in [1.82, 2.24) is 10.9 Å². The van der Waals surface area contributed by atoms with E-state index in [1.807, 2.05) is 26.0 Å². The van der Waals surface area contributed by atoms with E-state index >= 15 is 0 Å². The fourth-order valence-corrected chi connectivity index (χ4v) is 2.11. The Kier molecular flexibility index (Phi) is 6.49. The summed E-state index contributed by atoms with van der Waals surface area (Å²) in [6.07, 6.45) is 1.97. The summed E-state index contributed by atoms with van der Waals surface area (Å²) in [4.78, 5) is 23.8. The predicted molar refractivity (Wildman–Crippen MR) is 97.7 cm³/mol. The normalized spacial score (nSPS) is 11.8. The predicted octanol–water partition coefficient (Wildman–Crippen LogP) is 3.07. The molecule has 0 spiro atoms. The zero-order chi connectivity index (χ0) is 19.1. The first kappa shape index (κ1) is 19.2. The molecule has 2 N–H and O–H groups in total. The van der Waals surface area contributed by atoms with E-state index in [2.05, 4.69) is 10.9 Å². The number of benzene rings is 2. The van der Waals surface area contributed by atoms with Gasteiger partial charge in [0.05, 0.1) is 0 Å². The number of hydrogen-bond donors (Lipinski definition) is 2. The van der Waals surface area contributed by atoms with Gasteiger partial charge in [0, 0.05) is 6.08 Å². The van der Waals surface area contributed by atoms with E-state index in [1.165, 1.54) is 36.4 Å². The zero-order valence-electron chi connectivity index (χ0n) is 14.9. The van der Waals surface area contributed by atoms with Crippen LogP contribution in [0.25, 0.3) is 6.08 Å². The highest BCUT2D eigenvalue weighted by atomic mass is 19.1. The van der Waals surface area contributed by atoms with Gasteiger partial charge in [0.25, 0.3) is 11.8 Å². The van der Waals surface area contributed by atoms with Crippen LogP contribution in [-0.2, 0) is 9.59 Å². The highest BCUT2D eigenvalue weighted by Crippen LogP contribution is 2.21. The molecule has 0 unspecified atom stereocenters. The second-order valence-electron chi connectivity index (χ2n) is 5.82. The second kappa shape index (κ2) is 8.80. The molecule has 5 nitrogen and oxygen atoms in total. The first-order valence-corrected chi connectivity index (χ1v) is 8.13. The van der Waals surface area contributed by atoms with Crippen LogP contribution < -0.4 is 15.6 Å². The molecule has 6 heteroatoms. The fraction of sp³-hybridized carbons (Fsp3) is 0.200. The third kappa shape index (κ3) is 5.44. The number of nitrogens with one attached hydrogen (secondary N) is 2. The highest BCUT2D eigenvalue weighted by molar-refractivity contribution is 5.93. The number of hydrazine groups is 1. The molecule has 136 valence electrons. The maximum atomic E-state index is 12.8. The lowest BCUT2D eigenvalue weighted by Gasteiger charge is -2.17. The number of carbonyl (C=O) groups excluding carboxylic acids is 2. The van der Waals surface area contributed by atoms with Crippen molar-refractivity contribution in [2.75, 3.05) is 0 Å². The van der Waals surface area contributed by atoms with Gasteiger partial charge < -0.3 is 4.74 Å². The number of ether oxygens (including phenoxy) is 1. The van der Waals surface area contributed by atoms with E-state index in [4.69, 9.17) is 4.74 Å². The summed E-state index contributed by atoms with van der Waals surface area (Å²) in [6.45, 7) is 5.47. The van der Waals surface area contributed by atoms with E-state index in [1.54, 1.807) is 13.0 Å². The van der Waals surface area contributed by atoms with Crippen LogP contribution in [0.1, 0.15) is 23.6 Å². The Labute approximate surface area is 151 Å². The molecule has 2 amide bonds. The third-order valence-electron chi connectivity index (χ3n) is 3.83. The Morgan fingerprint density at radius 3 is 2.46 bits per heavy atom. The smallest absolute Gasteiger partial charge is 0.279 e. The Balaban J connectivity index is 1.84. The van der Waals surface area contributed by atoms with Crippen LogP contribution in [0.3, 0.4) is 0 Å². The minimum absolute atomic E-state index is 0.350. The van der Waals surface area contributed by atoms with Crippen molar-refractivity contribution in [3.63, 3.8) is 0 Å².